The van der Waals surface area contributed by atoms with Crippen molar-refractivity contribution in [2.45, 2.75) is 220 Å². The fourth-order valence-corrected chi connectivity index (χ4v) is 8.34. The molecule has 1 aliphatic rings. The van der Waals surface area contributed by atoms with Gasteiger partial charge in [-0.25, -0.2) is 4.70 Å². The Labute approximate surface area is 381 Å². The second-order valence-electron chi connectivity index (χ2n) is 16.6. The Kier molecular flexibility index (Phi) is 33.0. The van der Waals surface area contributed by atoms with E-state index < -0.39 is 0 Å². The summed E-state index contributed by atoms with van der Waals surface area (Å²) in [5.74, 6) is 0. The van der Waals surface area contributed by atoms with Crippen LogP contribution < -0.4 is 0 Å². The van der Waals surface area contributed by atoms with Gasteiger partial charge in [0.1, 0.15) is 0 Å². The van der Waals surface area contributed by atoms with Gasteiger partial charge in [-0.2, -0.15) is 0 Å². The molecule has 0 spiro atoms. The van der Waals surface area contributed by atoms with Crippen molar-refractivity contribution < 1.29 is 12.8 Å². The number of halogens is 2. The van der Waals surface area contributed by atoms with Gasteiger partial charge in [-0.15, -0.1) is 0 Å². The maximum atomic E-state index is 11.8. The third kappa shape index (κ3) is 22.6. The van der Waals surface area contributed by atoms with Gasteiger partial charge in [0.25, 0.3) is 0 Å². The molecule has 0 saturated heterocycles. The minimum absolute atomic E-state index is 0.963. The predicted molar refractivity (Wildman–Crippen MR) is 267 cm³/mol. The first-order valence-corrected chi connectivity index (χ1v) is 30.0. The van der Waals surface area contributed by atoms with Crippen molar-refractivity contribution in [1.82, 2.24) is 0 Å². The van der Waals surface area contributed by atoms with Gasteiger partial charge in [-0.3, -0.25) is 0 Å². The van der Waals surface area contributed by atoms with Gasteiger partial charge < -0.3 is 5.53 Å². The predicted octanol–water partition coefficient (Wildman–Crippen LogP) is 19.3. The van der Waals surface area contributed by atoms with Gasteiger partial charge in [0, 0.05) is 22.3 Å². The molecule has 0 atom stereocenters. The molecule has 1 aliphatic heterocycles. The van der Waals surface area contributed by atoms with Gasteiger partial charge in [0.15, 0.2) is 0 Å². The molecule has 0 unspecified atom stereocenters. The van der Waals surface area contributed by atoms with Crippen LogP contribution in [0.4, 0.5) is 0 Å². The Balaban J connectivity index is 0.00000362. The Morgan fingerprint density at radius 3 is 1.46 bits per heavy atom. The first-order valence-electron chi connectivity index (χ1n) is 23.6. The third-order valence-electron chi connectivity index (χ3n) is 11.8. The van der Waals surface area contributed by atoms with Crippen molar-refractivity contribution in [2.75, 3.05) is 0 Å². The Bertz CT molecular complexity index is 1410. The van der Waals surface area contributed by atoms with Crippen LogP contribution in [0.3, 0.4) is 0 Å². The van der Waals surface area contributed by atoms with E-state index in [4.69, 9.17) is 0 Å². The van der Waals surface area contributed by atoms with Crippen LogP contribution >= 0.6 is 41.0 Å². The molecular formula is C52H82I2N2Ni. The quantitative estimate of drug-likeness (QED) is 0.0224. The van der Waals surface area contributed by atoms with E-state index in [2.05, 4.69) is 129 Å². The standard InChI is InChI=1S/C52H82N2.2HI.Ni/c1-5-8-11-12-13-14-15-16-17-18-19-20-21-22-23-24-25-26-27-28-29-30-31-32-33-37-47-38-34-35-40-50(47)51-45(4)49(39-10-7-3)52(54(51)53)48-43-41-46(42-44-48)36-9-6-2;;;/h31-32,34-35,38,40-44H,5-30,33,36-37,39H2,1-4H3;2*1H;/q;;;+2/p-2. The molecule has 3 rings (SSSR count). The average Bonchev–Trinajstić information content (AvgIpc) is 3.47. The minimum atomic E-state index is 0.963. The monoisotopic (exact) mass is 1050 g/mol. The first kappa shape index (κ1) is 52.4. The summed E-state index contributed by atoms with van der Waals surface area (Å²) in [4.78, 5) is 0. The number of allylic oxidation sites excluding steroid dienone is 4. The number of rotatable bonds is 33. The van der Waals surface area contributed by atoms with Crippen molar-refractivity contribution in [1.29, 1.82) is 0 Å². The summed E-state index contributed by atoms with van der Waals surface area (Å²) in [7, 11) is 1.56. The first-order chi connectivity index (χ1) is 28.0. The van der Waals surface area contributed by atoms with Crippen molar-refractivity contribution >= 4 is 52.4 Å². The van der Waals surface area contributed by atoms with E-state index in [0.29, 0.717) is 0 Å². The fourth-order valence-electron chi connectivity index (χ4n) is 8.34. The van der Waals surface area contributed by atoms with E-state index >= 15 is 0 Å². The summed E-state index contributed by atoms with van der Waals surface area (Å²) < 4.78 is 1.51. The number of benzene rings is 2. The van der Waals surface area contributed by atoms with Crippen molar-refractivity contribution in [3.8, 4) is 0 Å². The molecule has 0 fully saturated rings. The molecule has 0 aromatic heterocycles. The number of hydrogen-bond donors (Lipinski definition) is 0. The van der Waals surface area contributed by atoms with E-state index in [1.54, 1.807) is 8.07 Å². The summed E-state index contributed by atoms with van der Waals surface area (Å²) in [5.41, 5.74) is 21.2. The molecule has 2 aromatic rings. The normalized spacial score (nSPS) is 13.1. The summed E-state index contributed by atoms with van der Waals surface area (Å²) in [6.07, 6.45) is 45.0. The van der Waals surface area contributed by atoms with Crippen LogP contribution in [0.15, 0.2) is 71.8 Å². The molecule has 0 N–H and O–H groups in total. The van der Waals surface area contributed by atoms with Gasteiger partial charge >= 0.3 is 49.0 Å². The van der Waals surface area contributed by atoms with Gasteiger partial charge in [-0.1, -0.05) is 205 Å². The van der Waals surface area contributed by atoms with E-state index in [1.807, 2.05) is 0 Å². The maximum absolute atomic E-state index is 11.8. The summed E-state index contributed by atoms with van der Waals surface area (Å²) >= 11 is 4.43. The van der Waals surface area contributed by atoms with Gasteiger partial charge in [0.05, 0.1) is 0 Å². The SMILES string of the molecule is CCCCCCCCCCCCCCCCCCCCCCCC=CCCc1ccccc1C1=C(C)C(CCCC)=C(c2ccc(CCCC)cc2)[N+]1=[N-].[I][Ni][I]. The Morgan fingerprint density at radius 2 is 0.947 bits per heavy atom. The number of aryl methyl sites for hydroxylation is 2. The van der Waals surface area contributed by atoms with Gasteiger partial charge in [-0.05, 0) is 87.6 Å². The number of nitrogens with zero attached hydrogens (tertiary/aromatic N) is 2. The second-order valence-corrected chi connectivity index (χ2v) is 24.9. The summed E-state index contributed by atoms with van der Waals surface area (Å²) in [5, 5.41) is 0. The van der Waals surface area contributed by atoms with E-state index in [1.165, 1.54) is 187 Å². The zero-order chi connectivity index (χ0) is 41.2. The average molecular weight is 1050 g/mol. The van der Waals surface area contributed by atoms with Crippen molar-refractivity contribution in [3.63, 3.8) is 0 Å². The van der Waals surface area contributed by atoms with Crippen LogP contribution in [0, 0.1) is 0 Å². The van der Waals surface area contributed by atoms with Crippen molar-refractivity contribution in [3.05, 3.63) is 99.6 Å². The Morgan fingerprint density at radius 1 is 0.509 bits per heavy atom. The summed E-state index contributed by atoms with van der Waals surface area (Å²) in [6, 6.07) is 17.7. The van der Waals surface area contributed by atoms with E-state index in [-0.39, 0.29) is 0 Å². The van der Waals surface area contributed by atoms with E-state index in [0.717, 1.165) is 55.5 Å². The molecular weight excluding hydrogens is 965 g/mol. The second kappa shape index (κ2) is 35.9. The van der Waals surface area contributed by atoms with Crippen LogP contribution in [0.25, 0.3) is 16.9 Å². The molecule has 2 nitrogen and oxygen atoms in total. The molecule has 0 bridgehead atoms. The molecule has 324 valence electrons. The molecule has 0 saturated carbocycles. The summed E-state index contributed by atoms with van der Waals surface area (Å²) in [6.45, 7) is 9.01. The van der Waals surface area contributed by atoms with Crippen LogP contribution in [0.1, 0.15) is 230 Å². The molecule has 57 heavy (non-hydrogen) atoms. The third-order valence-corrected chi connectivity index (χ3v) is 11.8. The van der Waals surface area contributed by atoms with E-state index in [9.17, 15) is 5.53 Å². The zero-order valence-corrected chi connectivity index (χ0v) is 42.3. The van der Waals surface area contributed by atoms with Crippen LogP contribution in [-0.4, -0.2) is 4.70 Å². The van der Waals surface area contributed by atoms with Crippen LogP contribution in [0.5, 0.6) is 0 Å². The topological polar surface area (TPSA) is 25.3 Å². The number of unbranched alkanes of at least 4 members (excludes halogenated alkanes) is 23. The molecule has 0 amide bonds. The van der Waals surface area contributed by atoms with Gasteiger partial charge in [0.2, 0.25) is 11.4 Å². The van der Waals surface area contributed by atoms with Crippen molar-refractivity contribution in [2.24, 2.45) is 0 Å². The fraction of sp³-hybridized carbons (Fsp3) is 0.654. The number of hydrogen-bond acceptors (Lipinski definition) is 0. The van der Waals surface area contributed by atoms with Crippen LogP contribution in [0.2, 0.25) is 0 Å². The molecule has 0 aliphatic carbocycles. The molecule has 2 aromatic carbocycles. The molecule has 0 radical (unpaired) electrons. The van der Waals surface area contributed by atoms with Crippen LogP contribution in [-0.2, 0) is 20.9 Å². The molecule has 1 heterocycles. The molecule has 5 heteroatoms. The Hall–Kier alpha value is -0.786. The zero-order valence-electron chi connectivity index (χ0n) is 37.0.